The number of hydrogen-bond donors (Lipinski definition) is 3. The number of anilines is 1. The van der Waals surface area contributed by atoms with Crippen LogP contribution in [0.25, 0.3) is 0 Å². The van der Waals surface area contributed by atoms with Crippen LogP contribution in [0.15, 0.2) is 84.9 Å². The number of carbonyl (C=O) groups is 2. The Bertz CT molecular complexity index is 1360. The molecule has 0 aromatic heterocycles. The Morgan fingerprint density at radius 1 is 0.830 bits per heavy atom. The van der Waals surface area contributed by atoms with Crippen molar-refractivity contribution in [2.75, 3.05) is 56.9 Å². The number of benzene rings is 3. The second kappa shape index (κ2) is 17.2. The normalized spacial score (nSPS) is 21.4. The minimum Gasteiger partial charge on any atom is -0.367 e. The van der Waals surface area contributed by atoms with E-state index in [1.54, 1.807) is 0 Å². The van der Waals surface area contributed by atoms with Gasteiger partial charge in [0.05, 0.1) is 18.7 Å². The number of urea groups is 1. The molecule has 3 fully saturated rings. The van der Waals surface area contributed by atoms with Gasteiger partial charge in [0.25, 0.3) is 0 Å². The summed E-state index contributed by atoms with van der Waals surface area (Å²) in [5.74, 6) is 1.05. The molecule has 3 aromatic rings. The summed E-state index contributed by atoms with van der Waals surface area (Å²) < 4.78 is 6.45. The van der Waals surface area contributed by atoms with Crippen LogP contribution in [0.2, 0.25) is 0 Å². The molecule has 3 atom stereocenters. The summed E-state index contributed by atoms with van der Waals surface area (Å²) in [5.41, 5.74) is 4.57. The predicted molar refractivity (Wildman–Crippen MR) is 191 cm³/mol. The van der Waals surface area contributed by atoms with Crippen LogP contribution in [0.1, 0.15) is 54.9 Å². The van der Waals surface area contributed by atoms with E-state index in [2.05, 4.69) is 98.5 Å². The average Bonchev–Trinajstić information content (AvgIpc) is 3.66. The standard InChI is InChI=1S/C38H49N5O3S/c44-35(16-8-7-15-34-36-33(28-47-34)40-38(45)41-36)39-32-19-17-29(18-20-32)10-9-21-42-22-24-43(25-23-42)26-27-46-37(30-11-3-1-4-12-30)31-13-5-2-6-14-31/h1-6,11-14,17-20,33-34,36-37H,7-10,15-16,21-28H2,(H,39,44)(H2,40,41,45). The van der Waals surface area contributed by atoms with E-state index in [9.17, 15) is 9.59 Å². The van der Waals surface area contributed by atoms with Gasteiger partial charge in [0.1, 0.15) is 6.10 Å². The molecule has 9 heteroatoms. The van der Waals surface area contributed by atoms with E-state index in [1.807, 2.05) is 23.9 Å². The van der Waals surface area contributed by atoms with Crippen LogP contribution in [0.5, 0.6) is 0 Å². The minimum absolute atomic E-state index is 0.0360. The Labute approximate surface area is 284 Å². The van der Waals surface area contributed by atoms with Gasteiger partial charge >= 0.3 is 6.03 Å². The SMILES string of the molecule is O=C(CCCCC1SCC2NC(=O)NC21)Nc1ccc(CCCN2CCN(CCOC(c3ccccc3)c3ccccc3)CC2)cc1. The summed E-state index contributed by atoms with van der Waals surface area (Å²) in [6, 6.07) is 29.8. The molecule has 3 aliphatic rings. The van der Waals surface area contributed by atoms with Gasteiger partial charge in [-0.3, -0.25) is 9.69 Å². The molecule has 3 aromatic carbocycles. The summed E-state index contributed by atoms with van der Waals surface area (Å²) in [5, 5.41) is 9.53. The molecule has 3 unspecified atom stereocenters. The van der Waals surface area contributed by atoms with Crippen LogP contribution in [0, 0.1) is 0 Å². The second-order valence-corrected chi connectivity index (χ2v) is 14.2. The lowest BCUT2D eigenvalue weighted by Crippen LogP contribution is -2.47. The van der Waals surface area contributed by atoms with Gasteiger partial charge in [-0.15, -0.1) is 0 Å². The number of nitrogens with one attached hydrogen (secondary N) is 3. The van der Waals surface area contributed by atoms with Crippen LogP contribution in [-0.4, -0.2) is 90.7 Å². The highest BCUT2D eigenvalue weighted by molar-refractivity contribution is 8.00. The maximum Gasteiger partial charge on any atom is 0.315 e. The van der Waals surface area contributed by atoms with Crippen molar-refractivity contribution in [3.8, 4) is 0 Å². The Hall–Kier alpha value is -3.37. The van der Waals surface area contributed by atoms with E-state index in [4.69, 9.17) is 4.74 Å². The molecule has 0 bridgehead atoms. The number of unbranched alkanes of at least 4 members (excludes halogenated alkanes) is 1. The third-order valence-electron chi connectivity index (χ3n) is 9.62. The fourth-order valence-corrected chi connectivity index (χ4v) is 8.48. The van der Waals surface area contributed by atoms with Crippen molar-refractivity contribution >= 4 is 29.4 Å². The summed E-state index contributed by atoms with van der Waals surface area (Å²) in [4.78, 5) is 29.1. The van der Waals surface area contributed by atoms with Gasteiger partial charge in [-0.25, -0.2) is 4.79 Å². The maximum absolute atomic E-state index is 12.5. The van der Waals surface area contributed by atoms with Gasteiger partial charge in [-0.1, -0.05) is 79.2 Å². The lowest BCUT2D eigenvalue weighted by molar-refractivity contribution is -0.116. The molecule has 3 amide bonds. The smallest absolute Gasteiger partial charge is 0.315 e. The van der Waals surface area contributed by atoms with Crippen LogP contribution in [-0.2, 0) is 16.0 Å². The van der Waals surface area contributed by atoms with Crippen LogP contribution < -0.4 is 16.0 Å². The number of nitrogens with zero attached hydrogens (tertiary/aromatic N) is 2. The molecule has 3 aliphatic heterocycles. The largest absolute Gasteiger partial charge is 0.367 e. The molecule has 3 N–H and O–H groups in total. The zero-order valence-electron chi connectivity index (χ0n) is 27.3. The quantitative estimate of drug-likeness (QED) is 0.136. The van der Waals surface area contributed by atoms with Gasteiger partial charge in [-0.2, -0.15) is 11.8 Å². The fraction of sp³-hybridized carbons (Fsp3) is 0.474. The average molecular weight is 656 g/mol. The van der Waals surface area contributed by atoms with E-state index < -0.39 is 0 Å². The summed E-state index contributed by atoms with van der Waals surface area (Å²) in [7, 11) is 0. The van der Waals surface area contributed by atoms with E-state index in [0.717, 1.165) is 82.8 Å². The first kappa shape index (κ1) is 33.5. The van der Waals surface area contributed by atoms with Gasteiger partial charge < -0.3 is 25.6 Å². The first-order chi connectivity index (χ1) is 23.1. The molecule has 8 nitrogen and oxygen atoms in total. The van der Waals surface area contributed by atoms with Crippen molar-refractivity contribution in [2.24, 2.45) is 0 Å². The van der Waals surface area contributed by atoms with Crippen molar-refractivity contribution < 1.29 is 14.3 Å². The molecule has 0 radical (unpaired) electrons. The zero-order chi connectivity index (χ0) is 32.3. The highest BCUT2D eigenvalue weighted by atomic mass is 32.2. The molecule has 3 heterocycles. The molecule has 0 aliphatic carbocycles. The molecular formula is C38H49N5O3S. The molecule has 0 spiro atoms. The van der Waals surface area contributed by atoms with Gasteiger partial charge in [0.2, 0.25) is 5.91 Å². The van der Waals surface area contributed by atoms with Crippen LogP contribution in [0.3, 0.4) is 0 Å². The molecule has 6 rings (SSSR count). The lowest BCUT2D eigenvalue weighted by atomic mass is 10.0. The van der Waals surface area contributed by atoms with Crippen molar-refractivity contribution in [1.82, 2.24) is 20.4 Å². The molecule has 3 saturated heterocycles. The number of piperazine rings is 1. The number of fused-ring (bicyclic) bond motifs is 1. The monoisotopic (exact) mass is 655 g/mol. The highest BCUT2D eigenvalue weighted by Crippen LogP contribution is 2.33. The van der Waals surface area contributed by atoms with Crippen molar-refractivity contribution in [1.29, 1.82) is 0 Å². The number of hydrogen-bond acceptors (Lipinski definition) is 6. The third-order valence-corrected chi connectivity index (χ3v) is 11.1. The first-order valence-electron chi connectivity index (χ1n) is 17.3. The molecule has 0 saturated carbocycles. The van der Waals surface area contributed by atoms with E-state index in [-0.39, 0.29) is 30.1 Å². The Morgan fingerprint density at radius 2 is 1.49 bits per heavy atom. The van der Waals surface area contributed by atoms with Crippen LogP contribution in [0.4, 0.5) is 10.5 Å². The summed E-state index contributed by atoms with van der Waals surface area (Å²) >= 11 is 1.93. The zero-order valence-corrected chi connectivity index (χ0v) is 28.1. The predicted octanol–water partition coefficient (Wildman–Crippen LogP) is 5.71. The Kier molecular flexibility index (Phi) is 12.2. The first-order valence-corrected chi connectivity index (χ1v) is 18.4. The molecule has 47 heavy (non-hydrogen) atoms. The number of aryl methyl sites for hydroxylation is 1. The summed E-state index contributed by atoms with van der Waals surface area (Å²) in [6.45, 7) is 7.12. The van der Waals surface area contributed by atoms with Gasteiger partial charge in [-0.05, 0) is 61.1 Å². The maximum atomic E-state index is 12.5. The lowest BCUT2D eigenvalue weighted by Gasteiger charge is -2.35. The van der Waals surface area contributed by atoms with E-state index in [0.29, 0.717) is 18.3 Å². The Balaban J connectivity index is 0.823. The van der Waals surface area contributed by atoms with Gasteiger partial charge in [0, 0.05) is 55.8 Å². The topological polar surface area (TPSA) is 85.9 Å². The highest BCUT2D eigenvalue weighted by Gasteiger charge is 2.42. The van der Waals surface area contributed by atoms with Crippen molar-refractivity contribution in [3.05, 3.63) is 102 Å². The van der Waals surface area contributed by atoms with Gasteiger partial charge in [0.15, 0.2) is 0 Å². The number of carbonyl (C=O) groups excluding carboxylic acids is 2. The fourth-order valence-electron chi connectivity index (χ4n) is 6.94. The molecular weight excluding hydrogens is 607 g/mol. The van der Waals surface area contributed by atoms with Crippen LogP contribution >= 0.6 is 11.8 Å². The van der Waals surface area contributed by atoms with E-state index in [1.165, 1.54) is 16.7 Å². The van der Waals surface area contributed by atoms with E-state index >= 15 is 0 Å². The second-order valence-electron chi connectivity index (χ2n) is 13.0. The number of amides is 3. The number of rotatable bonds is 16. The Morgan fingerprint density at radius 3 is 2.17 bits per heavy atom. The number of ether oxygens (including phenoxy) is 1. The summed E-state index contributed by atoms with van der Waals surface area (Å²) in [6.07, 6.45) is 5.56. The van der Waals surface area contributed by atoms with Crippen molar-refractivity contribution in [3.63, 3.8) is 0 Å². The third kappa shape index (κ3) is 9.83. The number of thioether (sulfide) groups is 1. The molecule has 250 valence electrons. The minimum atomic E-state index is -0.0420. The van der Waals surface area contributed by atoms with Crippen molar-refractivity contribution in [2.45, 2.75) is 62.0 Å².